The molecule has 8 nitrogen and oxygen atoms in total. The van der Waals surface area contributed by atoms with E-state index in [2.05, 4.69) is 16.0 Å². The fourth-order valence-corrected chi connectivity index (χ4v) is 4.76. The predicted octanol–water partition coefficient (Wildman–Crippen LogP) is 4.01. The molecule has 176 valence electrons. The van der Waals surface area contributed by atoms with Crippen LogP contribution >= 0.6 is 0 Å². The summed E-state index contributed by atoms with van der Waals surface area (Å²) in [6.45, 7) is 1.23. The van der Waals surface area contributed by atoms with E-state index in [1.54, 1.807) is 33.6 Å². The zero-order valence-corrected chi connectivity index (χ0v) is 18.8. The van der Waals surface area contributed by atoms with Gasteiger partial charge in [0.15, 0.2) is 0 Å². The number of alkyl halides is 3. The van der Waals surface area contributed by atoms with Gasteiger partial charge in [-0.1, -0.05) is 13.0 Å². The van der Waals surface area contributed by atoms with E-state index in [1.807, 2.05) is 0 Å². The molecule has 0 saturated carbocycles. The number of aromatic nitrogens is 3. The van der Waals surface area contributed by atoms with Crippen molar-refractivity contribution < 1.29 is 26.3 Å². The van der Waals surface area contributed by atoms with Crippen molar-refractivity contribution >= 4 is 26.8 Å². The van der Waals surface area contributed by atoms with Crippen LogP contribution in [0.15, 0.2) is 53.7 Å². The normalized spacial score (nSPS) is 14.4. The summed E-state index contributed by atoms with van der Waals surface area (Å²) in [7, 11) is -3.01. The molecule has 3 aromatic rings. The number of methoxy groups -OCH3 is 1. The predicted molar refractivity (Wildman–Crippen MR) is 118 cm³/mol. The highest BCUT2D eigenvalue weighted by molar-refractivity contribution is 7.89. The molecule has 0 fully saturated rings. The third-order valence-corrected chi connectivity index (χ3v) is 6.77. The quantitative estimate of drug-likeness (QED) is 0.537. The lowest BCUT2D eigenvalue weighted by Crippen LogP contribution is -2.44. The van der Waals surface area contributed by atoms with Gasteiger partial charge in [0.25, 0.3) is 0 Å². The fourth-order valence-electron chi connectivity index (χ4n) is 3.51. The van der Waals surface area contributed by atoms with Gasteiger partial charge < -0.3 is 4.74 Å². The highest BCUT2D eigenvalue weighted by atomic mass is 32.2. The minimum atomic E-state index is -4.73. The Balaban J connectivity index is 1.81. The monoisotopic (exact) mass is 489 g/mol. The summed E-state index contributed by atoms with van der Waals surface area (Å²) in [6.07, 6.45) is 2.70. The maximum Gasteiger partial charge on any atom is 0.404 e. The molecule has 0 aliphatic heterocycles. The fraction of sp³-hybridized carbons (Fsp3) is 0.227. The van der Waals surface area contributed by atoms with Crippen LogP contribution in [0.3, 0.4) is 0 Å². The molecule has 3 heterocycles. The zero-order chi connectivity index (χ0) is 24.7. The molecular weight excluding hydrogens is 471 g/mol. The number of hydrogen-bond acceptors (Lipinski definition) is 6. The Bertz CT molecular complexity index is 1470. The smallest absolute Gasteiger partial charge is 0.404 e. The first-order valence-corrected chi connectivity index (χ1v) is 11.5. The van der Waals surface area contributed by atoms with Crippen molar-refractivity contribution in [2.75, 3.05) is 7.11 Å². The van der Waals surface area contributed by atoms with Crippen LogP contribution in [0.1, 0.15) is 18.9 Å². The highest BCUT2D eigenvalue weighted by Crippen LogP contribution is 2.37. The van der Waals surface area contributed by atoms with Gasteiger partial charge in [-0.2, -0.15) is 23.2 Å². The molecule has 0 amide bonds. The third kappa shape index (κ3) is 4.04. The second-order valence-electron chi connectivity index (χ2n) is 7.37. The number of rotatable bonds is 7. The van der Waals surface area contributed by atoms with E-state index in [-0.39, 0.29) is 11.3 Å². The topological polar surface area (TPSA) is 110 Å². The summed E-state index contributed by atoms with van der Waals surface area (Å²) < 4.78 is 72.8. The van der Waals surface area contributed by atoms with Crippen molar-refractivity contribution in [1.29, 1.82) is 5.26 Å². The van der Waals surface area contributed by atoms with E-state index in [0.29, 0.717) is 22.5 Å². The largest absolute Gasteiger partial charge is 0.495 e. The first-order chi connectivity index (χ1) is 16.1. The molecule has 1 unspecified atom stereocenters. The van der Waals surface area contributed by atoms with Crippen LogP contribution in [-0.4, -0.2) is 42.3 Å². The number of nitrogens with one attached hydrogen (secondary N) is 1. The number of halogens is 3. The van der Waals surface area contributed by atoms with Crippen LogP contribution in [0.5, 0.6) is 5.75 Å². The summed E-state index contributed by atoms with van der Waals surface area (Å²) >= 11 is 0. The first-order valence-electron chi connectivity index (χ1n) is 10.0. The number of sulfonamides is 1. The van der Waals surface area contributed by atoms with Crippen LogP contribution in [0.2, 0.25) is 0 Å². The molecule has 0 radical (unpaired) electrons. The number of nitriles is 1. The maximum atomic E-state index is 13.0. The van der Waals surface area contributed by atoms with Gasteiger partial charge in [-0.15, -0.1) is 0 Å². The standard InChI is InChI=1S/C22H18F3N5O3S/c1-3-19(22(23,24)25)29-34(31,32)15-7-8-18(27-12-15)20-17(10-26)16-9-14(33-2)11-28-21(16)30(20)13-5-4-6-13/h4-9,11-12,19,29H,3H2,1-2H3. The summed E-state index contributed by atoms with van der Waals surface area (Å²) in [4.78, 5) is 8.15. The zero-order valence-electron chi connectivity index (χ0n) is 18.0. The minimum absolute atomic E-state index is 0.243. The molecule has 34 heavy (non-hydrogen) atoms. The average molecular weight is 489 g/mol. The van der Waals surface area contributed by atoms with Gasteiger partial charge in [0.1, 0.15) is 28.4 Å². The Morgan fingerprint density at radius 2 is 2.00 bits per heavy atom. The SMILES string of the molecule is CCC(NS(=O)(=O)c1ccc(-c2c(C#N)c3cc(OC)cnc3n2C2=CC=C2)nc1)C(F)(F)F. The van der Waals surface area contributed by atoms with Crippen LogP contribution in [0.4, 0.5) is 13.2 Å². The summed E-state index contributed by atoms with van der Waals surface area (Å²) in [5.41, 5.74) is 2.06. The lowest BCUT2D eigenvalue weighted by atomic mass is 10.1. The highest BCUT2D eigenvalue weighted by Gasteiger charge is 2.41. The molecule has 1 N–H and O–H groups in total. The number of pyridine rings is 2. The van der Waals surface area contributed by atoms with Crippen LogP contribution < -0.4 is 9.46 Å². The molecule has 1 aliphatic rings. The van der Waals surface area contributed by atoms with Gasteiger partial charge in [0.2, 0.25) is 10.0 Å². The van der Waals surface area contributed by atoms with Gasteiger partial charge in [0.05, 0.1) is 30.3 Å². The van der Waals surface area contributed by atoms with Crippen molar-refractivity contribution in [2.24, 2.45) is 0 Å². The molecular formula is C22H18F3N5O3S. The van der Waals surface area contributed by atoms with Gasteiger partial charge in [0, 0.05) is 17.3 Å². The lowest BCUT2D eigenvalue weighted by Gasteiger charge is -2.20. The molecule has 0 spiro atoms. The number of allylic oxidation sites excluding steroid dienone is 4. The number of fused-ring (bicyclic) bond motifs is 1. The summed E-state index contributed by atoms with van der Waals surface area (Å²) in [5, 5.41) is 10.4. The maximum absolute atomic E-state index is 13.0. The molecule has 3 aromatic heterocycles. The number of nitrogens with zero attached hydrogens (tertiary/aromatic N) is 4. The number of hydrogen-bond donors (Lipinski definition) is 1. The minimum Gasteiger partial charge on any atom is -0.495 e. The third-order valence-electron chi connectivity index (χ3n) is 5.31. The van der Waals surface area contributed by atoms with Gasteiger partial charge in [-0.3, -0.25) is 9.55 Å². The first kappa shape index (κ1) is 23.5. The van der Waals surface area contributed by atoms with E-state index >= 15 is 0 Å². The second kappa shape index (κ2) is 8.58. The Morgan fingerprint density at radius 1 is 1.26 bits per heavy atom. The molecule has 0 bridgehead atoms. The van der Waals surface area contributed by atoms with Crippen molar-refractivity contribution in [3.05, 3.63) is 54.4 Å². The Labute approximate surface area is 193 Å². The second-order valence-corrected chi connectivity index (χ2v) is 9.08. The lowest BCUT2D eigenvalue weighted by molar-refractivity contribution is -0.151. The summed E-state index contributed by atoms with van der Waals surface area (Å²) in [6, 6.07) is 4.08. The van der Waals surface area contributed by atoms with Crippen LogP contribution in [0, 0.1) is 11.3 Å². The van der Waals surface area contributed by atoms with Crippen molar-refractivity contribution in [3.8, 4) is 23.2 Å². The number of ether oxygens (including phenoxy) is 1. The van der Waals surface area contributed by atoms with Crippen molar-refractivity contribution in [3.63, 3.8) is 0 Å². The molecule has 12 heteroatoms. The van der Waals surface area contributed by atoms with E-state index in [0.717, 1.165) is 18.0 Å². The van der Waals surface area contributed by atoms with E-state index < -0.39 is 33.6 Å². The van der Waals surface area contributed by atoms with Crippen LogP contribution in [0.25, 0.3) is 28.1 Å². The van der Waals surface area contributed by atoms with Gasteiger partial charge in [-0.25, -0.2) is 13.4 Å². The summed E-state index contributed by atoms with van der Waals surface area (Å²) in [5.74, 6) is 0.446. The van der Waals surface area contributed by atoms with Gasteiger partial charge >= 0.3 is 6.18 Å². The molecule has 0 aromatic carbocycles. The van der Waals surface area contributed by atoms with Crippen molar-refractivity contribution in [1.82, 2.24) is 19.3 Å². The Kier molecular flexibility index (Phi) is 5.93. The van der Waals surface area contributed by atoms with Crippen LogP contribution in [-0.2, 0) is 10.0 Å². The average Bonchev–Trinajstić information content (AvgIpc) is 3.08. The molecule has 4 rings (SSSR count). The van der Waals surface area contributed by atoms with E-state index in [1.165, 1.54) is 26.3 Å². The molecule has 1 atom stereocenters. The Hall–Kier alpha value is -3.69. The molecule has 1 aliphatic carbocycles. The van der Waals surface area contributed by atoms with Gasteiger partial charge in [-0.05, 0) is 36.8 Å². The Morgan fingerprint density at radius 3 is 2.50 bits per heavy atom. The van der Waals surface area contributed by atoms with E-state index in [4.69, 9.17) is 4.74 Å². The van der Waals surface area contributed by atoms with Crippen molar-refractivity contribution in [2.45, 2.75) is 30.5 Å². The molecule has 0 saturated heterocycles. The van der Waals surface area contributed by atoms with E-state index in [9.17, 15) is 26.9 Å².